The van der Waals surface area contributed by atoms with Crippen molar-refractivity contribution in [1.82, 2.24) is 4.98 Å². The summed E-state index contributed by atoms with van der Waals surface area (Å²) in [5, 5.41) is 3.43. The Morgan fingerprint density at radius 2 is 1.94 bits per heavy atom. The summed E-state index contributed by atoms with van der Waals surface area (Å²) in [5.74, 6) is 0. The molecule has 0 radical (unpaired) electrons. The van der Waals surface area contributed by atoms with Crippen molar-refractivity contribution in [3.8, 4) is 0 Å². The van der Waals surface area contributed by atoms with Crippen LogP contribution in [0, 0.1) is 0 Å². The van der Waals surface area contributed by atoms with Crippen molar-refractivity contribution in [2.75, 3.05) is 12.4 Å². The standard InChI is InChI=1S/C14H20N2/c1-14(2)8-7-10-12(15-3)9-5-4-6-11(9)16-13(10)14/h4-8H2,1-3H3,(H,15,16). The average Bonchev–Trinajstić information content (AvgIpc) is 2.81. The van der Waals surface area contributed by atoms with Crippen molar-refractivity contribution in [3.63, 3.8) is 0 Å². The van der Waals surface area contributed by atoms with Crippen molar-refractivity contribution in [2.24, 2.45) is 0 Å². The SMILES string of the molecule is CNc1c2c(nc3c1CCC3(C)C)CCC2. The van der Waals surface area contributed by atoms with Crippen LogP contribution in [0.4, 0.5) is 5.69 Å². The van der Waals surface area contributed by atoms with E-state index in [1.165, 1.54) is 60.3 Å². The number of pyridine rings is 1. The quantitative estimate of drug-likeness (QED) is 0.781. The molecular weight excluding hydrogens is 196 g/mol. The van der Waals surface area contributed by atoms with Gasteiger partial charge in [0.05, 0.1) is 5.69 Å². The van der Waals surface area contributed by atoms with E-state index in [0.717, 1.165) is 0 Å². The van der Waals surface area contributed by atoms with Crippen LogP contribution in [0.25, 0.3) is 0 Å². The van der Waals surface area contributed by atoms with Crippen LogP contribution in [0.1, 0.15) is 49.2 Å². The molecule has 2 heteroatoms. The van der Waals surface area contributed by atoms with Crippen molar-refractivity contribution in [3.05, 3.63) is 22.5 Å². The third-order valence-electron chi connectivity index (χ3n) is 4.22. The summed E-state index contributed by atoms with van der Waals surface area (Å²) in [7, 11) is 2.06. The first kappa shape index (κ1) is 10.1. The van der Waals surface area contributed by atoms with Crippen molar-refractivity contribution < 1.29 is 0 Å². The monoisotopic (exact) mass is 216 g/mol. The molecule has 1 N–H and O–H groups in total. The topological polar surface area (TPSA) is 24.9 Å². The Bertz CT molecular complexity index is 447. The molecule has 0 aliphatic heterocycles. The number of hydrogen-bond donors (Lipinski definition) is 1. The molecule has 1 aromatic rings. The fraction of sp³-hybridized carbons (Fsp3) is 0.643. The molecule has 0 fully saturated rings. The number of aryl methyl sites for hydroxylation is 1. The lowest BCUT2D eigenvalue weighted by atomic mass is 9.90. The van der Waals surface area contributed by atoms with Crippen LogP contribution in [0.15, 0.2) is 0 Å². The number of hydrogen-bond acceptors (Lipinski definition) is 2. The first-order valence-corrected chi connectivity index (χ1v) is 6.36. The van der Waals surface area contributed by atoms with Gasteiger partial charge in [0.2, 0.25) is 0 Å². The number of anilines is 1. The summed E-state index contributed by atoms with van der Waals surface area (Å²) in [4.78, 5) is 4.96. The third kappa shape index (κ3) is 1.22. The number of nitrogens with zero attached hydrogens (tertiary/aromatic N) is 1. The zero-order chi connectivity index (χ0) is 11.3. The zero-order valence-electron chi connectivity index (χ0n) is 10.5. The van der Waals surface area contributed by atoms with Crippen molar-refractivity contribution in [2.45, 2.75) is 51.4 Å². The molecule has 2 nitrogen and oxygen atoms in total. The van der Waals surface area contributed by atoms with E-state index in [4.69, 9.17) is 4.98 Å². The minimum atomic E-state index is 0.276. The van der Waals surface area contributed by atoms with Gasteiger partial charge in [0, 0.05) is 23.8 Å². The highest BCUT2D eigenvalue weighted by Crippen LogP contribution is 2.43. The van der Waals surface area contributed by atoms with E-state index >= 15 is 0 Å². The molecular formula is C14H20N2. The highest BCUT2D eigenvalue weighted by atomic mass is 14.9. The van der Waals surface area contributed by atoms with Crippen LogP contribution in [0.5, 0.6) is 0 Å². The Hall–Kier alpha value is -1.05. The lowest BCUT2D eigenvalue weighted by molar-refractivity contribution is 0.508. The van der Waals surface area contributed by atoms with Gasteiger partial charge in [-0.05, 0) is 43.2 Å². The fourth-order valence-electron chi connectivity index (χ4n) is 3.28. The van der Waals surface area contributed by atoms with Gasteiger partial charge in [0.25, 0.3) is 0 Å². The van der Waals surface area contributed by atoms with E-state index in [2.05, 4.69) is 26.2 Å². The average molecular weight is 216 g/mol. The second kappa shape index (κ2) is 3.22. The van der Waals surface area contributed by atoms with Crippen molar-refractivity contribution >= 4 is 5.69 Å². The molecule has 0 spiro atoms. The minimum Gasteiger partial charge on any atom is -0.388 e. The highest BCUT2D eigenvalue weighted by molar-refractivity contribution is 5.64. The number of fused-ring (bicyclic) bond motifs is 2. The van der Waals surface area contributed by atoms with Gasteiger partial charge < -0.3 is 5.32 Å². The van der Waals surface area contributed by atoms with Crippen LogP contribution >= 0.6 is 0 Å². The molecule has 1 aromatic heterocycles. The highest BCUT2D eigenvalue weighted by Gasteiger charge is 2.35. The number of rotatable bonds is 1. The molecule has 0 unspecified atom stereocenters. The number of nitrogens with one attached hydrogen (secondary N) is 1. The summed E-state index contributed by atoms with van der Waals surface area (Å²) in [6, 6.07) is 0. The molecule has 3 rings (SSSR count). The smallest absolute Gasteiger partial charge is 0.0515 e. The maximum absolute atomic E-state index is 4.96. The molecule has 2 aliphatic carbocycles. The largest absolute Gasteiger partial charge is 0.388 e. The molecule has 0 saturated heterocycles. The van der Waals surface area contributed by atoms with Gasteiger partial charge in [-0.2, -0.15) is 0 Å². The number of aromatic nitrogens is 1. The molecule has 0 saturated carbocycles. The van der Waals surface area contributed by atoms with E-state index in [0.29, 0.717) is 0 Å². The molecule has 0 atom stereocenters. The van der Waals surface area contributed by atoms with Crippen LogP contribution < -0.4 is 5.32 Å². The van der Waals surface area contributed by atoms with E-state index in [1.807, 2.05) is 0 Å². The predicted molar refractivity (Wildman–Crippen MR) is 67.2 cm³/mol. The Balaban J connectivity index is 2.26. The Morgan fingerprint density at radius 3 is 2.69 bits per heavy atom. The normalized spacial score (nSPS) is 20.7. The maximum Gasteiger partial charge on any atom is 0.0515 e. The fourth-order valence-corrected chi connectivity index (χ4v) is 3.28. The second-order valence-electron chi connectivity index (χ2n) is 5.73. The molecule has 86 valence electrons. The summed E-state index contributed by atoms with van der Waals surface area (Å²) in [6.07, 6.45) is 6.10. The van der Waals surface area contributed by atoms with E-state index in [9.17, 15) is 0 Å². The molecule has 0 amide bonds. The molecule has 0 bridgehead atoms. The summed E-state index contributed by atoms with van der Waals surface area (Å²) in [5.41, 5.74) is 7.39. The van der Waals surface area contributed by atoms with Crippen LogP contribution in [-0.4, -0.2) is 12.0 Å². The van der Waals surface area contributed by atoms with E-state index in [1.54, 1.807) is 0 Å². The second-order valence-corrected chi connectivity index (χ2v) is 5.73. The first-order chi connectivity index (χ1) is 7.63. The van der Waals surface area contributed by atoms with Gasteiger partial charge in [0.15, 0.2) is 0 Å². The molecule has 0 aromatic carbocycles. The minimum absolute atomic E-state index is 0.276. The van der Waals surface area contributed by atoms with Gasteiger partial charge in [-0.1, -0.05) is 13.8 Å². The van der Waals surface area contributed by atoms with Crippen LogP contribution in [-0.2, 0) is 24.7 Å². The van der Waals surface area contributed by atoms with Gasteiger partial charge in [-0.3, -0.25) is 4.98 Å². The lowest BCUT2D eigenvalue weighted by Gasteiger charge is -2.20. The Labute approximate surface area is 97.5 Å². The predicted octanol–water partition coefficient (Wildman–Crippen LogP) is 2.84. The Morgan fingerprint density at radius 1 is 1.12 bits per heavy atom. The van der Waals surface area contributed by atoms with Gasteiger partial charge in [-0.25, -0.2) is 0 Å². The van der Waals surface area contributed by atoms with Gasteiger partial charge in [0.1, 0.15) is 0 Å². The van der Waals surface area contributed by atoms with Gasteiger partial charge in [-0.15, -0.1) is 0 Å². The van der Waals surface area contributed by atoms with Crippen molar-refractivity contribution in [1.29, 1.82) is 0 Å². The lowest BCUT2D eigenvalue weighted by Crippen LogP contribution is -2.15. The van der Waals surface area contributed by atoms with Crippen LogP contribution in [0.2, 0.25) is 0 Å². The summed E-state index contributed by atoms with van der Waals surface area (Å²) < 4.78 is 0. The molecule has 16 heavy (non-hydrogen) atoms. The molecule has 2 aliphatic rings. The summed E-state index contributed by atoms with van der Waals surface area (Å²) in [6.45, 7) is 4.65. The summed E-state index contributed by atoms with van der Waals surface area (Å²) >= 11 is 0. The van der Waals surface area contributed by atoms with E-state index in [-0.39, 0.29) is 5.41 Å². The first-order valence-electron chi connectivity index (χ1n) is 6.36. The van der Waals surface area contributed by atoms with Crippen LogP contribution in [0.3, 0.4) is 0 Å². The maximum atomic E-state index is 4.96. The zero-order valence-corrected chi connectivity index (χ0v) is 10.5. The third-order valence-corrected chi connectivity index (χ3v) is 4.22. The van der Waals surface area contributed by atoms with E-state index < -0.39 is 0 Å². The Kier molecular flexibility index (Phi) is 2.04. The van der Waals surface area contributed by atoms with Gasteiger partial charge >= 0.3 is 0 Å². The molecule has 1 heterocycles.